The lowest BCUT2D eigenvalue weighted by molar-refractivity contribution is -0.893. The number of hydrogen-bond acceptors (Lipinski definition) is 9. The lowest BCUT2D eigenvalue weighted by Gasteiger charge is -2.33. The molecule has 12 nitrogen and oxygen atoms in total. The summed E-state index contributed by atoms with van der Waals surface area (Å²) in [6.45, 7) is 0.823. The fourth-order valence-electron chi connectivity index (χ4n) is 3.36. The Morgan fingerprint density at radius 2 is 2.04 bits per heavy atom. The van der Waals surface area contributed by atoms with Gasteiger partial charge in [-0.3, -0.25) is 9.36 Å². The summed E-state index contributed by atoms with van der Waals surface area (Å²) < 4.78 is 7.81. The second-order valence-corrected chi connectivity index (χ2v) is 7.70. The van der Waals surface area contributed by atoms with Gasteiger partial charge in [-0.1, -0.05) is 0 Å². The van der Waals surface area contributed by atoms with Gasteiger partial charge in [0.2, 0.25) is 0 Å². The maximum absolute atomic E-state index is 10.9. The number of nitrogens with zero attached hydrogens (tertiary/aromatic N) is 5. The van der Waals surface area contributed by atoms with Crippen molar-refractivity contribution in [2.75, 3.05) is 32.9 Å². The van der Waals surface area contributed by atoms with Gasteiger partial charge in [-0.05, 0) is 0 Å². The number of rotatable bonds is 7. The molecule has 3 heterocycles. The molecule has 2 aromatic heterocycles. The highest BCUT2D eigenvalue weighted by molar-refractivity contribution is 5.81. The number of ether oxygens (including phenoxy) is 1. The Morgan fingerprint density at radius 1 is 1.32 bits per heavy atom. The first-order valence-electron chi connectivity index (χ1n) is 8.86. The Hall–Kier alpha value is -2.38. The molecule has 154 valence electrons. The number of fused-ring (bicyclic) bond motifs is 1. The predicted octanol–water partition coefficient (Wildman–Crippen LogP) is -2.09. The predicted molar refractivity (Wildman–Crippen MR) is 97.7 cm³/mol. The zero-order valence-corrected chi connectivity index (χ0v) is 15.7. The number of aliphatic hydroxyl groups excluding tert-OH is 2. The number of aromatic nitrogens is 4. The number of anilines is 1. The summed E-state index contributed by atoms with van der Waals surface area (Å²) in [6.07, 6.45) is -0.888. The molecule has 0 bridgehead atoms. The van der Waals surface area contributed by atoms with Crippen molar-refractivity contribution >= 4 is 23.0 Å². The van der Waals surface area contributed by atoms with Crippen molar-refractivity contribution in [3.8, 4) is 0 Å². The minimum absolute atomic E-state index is 0.209. The number of likely N-dealkylation sites (N-methyl/N-ethyl adjacent to an activating group) is 1. The normalized spacial score (nSPS) is 26.6. The van der Waals surface area contributed by atoms with Gasteiger partial charge in [-0.15, -0.1) is 0 Å². The molecule has 0 unspecified atom stereocenters. The van der Waals surface area contributed by atoms with Crippen LogP contribution in [0, 0.1) is 0 Å². The van der Waals surface area contributed by atoms with E-state index in [0.717, 1.165) is 0 Å². The van der Waals surface area contributed by atoms with Crippen molar-refractivity contribution in [3.05, 3.63) is 12.7 Å². The van der Waals surface area contributed by atoms with Crippen molar-refractivity contribution in [2.45, 2.75) is 37.0 Å². The van der Waals surface area contributed by atoms with Crippen LogP contribution in [0.1, 0.15) is 12.6 Å². The third-order valence-electron chi connectivity index (χ3n) is 5.04. The molecule has 1 aliphatic rings. The molecular formula is C16H26N7O5+. The quantitative estimate of drug-likeness (QED) is 0.325. The van der Waals surface area contributed by atoms with E-state index in [0.29, 0.717) is 28.7 Å². The van der Waals surface area contributed by atoms with Gasteiger partial charge in [0.1, 0.15) is 42.7 Å². The molecule has 28 heavy (non-hydrogen) atoms. The molecular weight excluding hydrogens is 370 g/mol. The topological polar surface area (TPSA) is 183 Å². The smallest absolute Gasteiger partial charge is 0.320 e. The van der Waals surface area contributed by atoms with Crippen LogP contribution < -0.4 is 11.5 Å². The zero-order valence-electron chi connectivity index (χ0n) is 15.7. The van der Waals surface area contributed by atoms with Crippen LogP contribution >= 0.6 is 0 Å². The van der Waals surface area contributed by atoms with Crippen molar-refractivity contribution in [1.29, 1.82) is 0 Å². The molecule has 0 aromatic carbocycles. The minimum atomic E-state index is -1.19. The Kier molecular flexibility index (Phi) is 5.50. The van der Waals surface area contributed by atoms with Crippen LogP contribution in [0.25, 0.3) is 11.2 Å². The first-order chi connectivity index (χ1) is 13.1. The van der Waals surface area contributed by atoms with E-state index in [1.165, 1.54) is 17.2 Å². The number of carbonyl (C=O) groups is 1. The second-order valence-electron chi connectivity index (χ2n) is 7.70. The van der Waals surface area contributed by atoms with E-state index in [4.69, 9.17) is 21.3 Å². The highest BCUT2D eigenvalue weighted by atomic mass is 16.6. The first kappa shape index (κ1) is 20.4. The van der Waals surface area contributed by atoms with Crippen molar-refractivity contribution in [3.63, 3.8) is 0 Å². The van der Waals surface area contributed by atoms with Crippen LogP contribution in [0.2, 0.25) is 0 Å². The van der Waals surface area contributed by atoms with Gasteiger partial charge in [0, 0.05) is 6.42 Å². The van der Waals surface area contributed by atoms with E-state index in [1.54, 1.807) is 0 Å². The van der Waals surface area contributed by atoms with Crippen molar-refractivity contribution in [2.24, 2.45) is 5.73 Å². The average Bonchev–Trinajstić information content (AvgIpc) is 3.17. The average molecular weight is 396 g/mol. The lowest BCUT2D eigenvalue weighted by Crippen LogP contribution is -2.50. The third kappa shape index (κ3) is 3.91. The Labute approximate surface area is 161 Å². The number of hydrogen-bond donors (Lipinski definition) is 5. The molecule has 2 aromatic rings. The van der Waals surface area contributed by atoms with Gasteiger partial charge in [0.15, 0.2) is 17.7 Å². The Bertz CT molecular complexity index is 857. The largest absolute Gasteiger partial charge is 0.480 e. The van der Waals surface area contributed by atoms with Gasteiger partial charge in [-0.2, -0.15) is 0 Å². The molecule has 0 saturated carbocycles. The van der Waals surface area contributed by atoms with Crippen LogP contribution in [0.3, 0.4) is 0 Å². The minimum Gasteiger partial charge on any atom is -0.480 e. The van der Waals surface area contributed by atoms with Gasteiger partial charge in [0.05, 0.1) is 27.0 Å². The van der Waals surface area contributed by atoms with Crippen LogP contribution in [0.4, 0.5) is 5.82 Å². The summed E-state index contributed by atoms with van der Waals surface area (Å²) in [4.78, 5) is 23.1. The maximum Gasteiger partial charge on any atom is 0.320 e. The number of nitrogens with two attached hydrogens (primary N) is 2. The van der Waals surface area contributed by atoms with E-state index in [9.17, 15) is 15.0 Å². The molecule has 0 aliphatic carbocycles. The van der Waals surface area contributed by atoms with E-state index in [2.05, 4.69) is 15.0 Å². The Morgan fingerprint density at radius 3 is 2.71 bits per heavy atom. The number of imidazole rings is 1. The van der Waals surface area contributed by atoms with Gasteiger partial charge < -0.3 is 36.0 Å². The van der Waals surface area contributed by atoms with Crippen LogP contribution in [0.5, 0.6) is 0 Å². The van der Waals surface area contributed by atoms with Crippen molar-refractivity contribution in [1.82, 2.24) is 19.5 Å². The molecule has 7 N–H and O–H groups in total. The van der Waals surface area contributed by atoms with Crippen LogP contribution in [-0.2, 0) is 9.53 Å². The van der Waals surface area contributed by atoms with Gasteiger partial charge >= 0.3 is 5.97 Å². The number of aliphatic carboxylic acids is 1. The number of carboxylic acids is 1. The second kappa shape index (κ2) is 7.56. The van der Waals surface area contributed by atoms with Crippen molar-refractivity contribution < 1.29 is 29.3 Å². The first-order valence-corrected chi connectivity index (χ1v) is 8.86. The number of carboxylic acid groups (broad SMARTS) is 1. The van der Waals surface area contributed by atoms with Gasteiger partial charge in [0.25, 0.3) is 0 Å². The number of quaternary nitrogens is 1. The number of aliphatic hydroxyl groups is 2. The fourth-order valence-corrected chi connectivity index (χ4v) is 3.36. The van der Waals surface area contributed by atoms with E-state index < -0.39 is 36.6 Å². The van der Waals surface area contributed by atoms with Gasteiger partial charge in [-0.25, -0.2) is 15.0 Å². The Balaban J connectivity index is 1.73. The summed E-state index contributed by atoms with van der Waals surface area (Å²) in [5, 5.41) is 29.9. The van der Waals surface area contributed by atoms with E-state index >= 15 is 0 Å². The molecule has 1 aliphatic heterocycles. The highest BCUT2D eigenvalue weighted by Crippen LogP contribution is 2.32. The molecule has 0 radical (unpaired) electrons. The summed E-state index contributed by atoms with van der Waals surface area (Å²) in [5.74, 6) is -0.846. The number of nitrogen functional groups attached to an aromatic ring is 1. The molecule has 3 rings (SSSR count). The summed E-state index contributed by atoms with van der Waals surface area (Å²) >= 11 is 0. The summed E-state index contributed by atoms with van der Waals surface area (Å²) in [5.41, 5.74) is 12.1. The van der Waals surface area contributed by atoms with Crippen LogP contribution in [0.15, 0.2) is 12.7 Å². The monoisotopic (exact) mass is 396 g/mol. The molecule has 0 spiro atoms. The summed E-state index contributed by atoms with van der Waals surface area (Å²) in [7, 11) is 3.76. The molecule has 1 fully saturated rings. The molecule has 0 amide bonds. The molecule has 1 saturated heterocycles. The van der Waals surface area contributed by atoms with E-state index in [1.807, 2.05) is 14.1 Å². The zero-order chi connectivity index (χ0) is 20.6. The molecule has 12 heteroatoms. The highest BCUT2D eigenvalue weighted by Gasteiger charge is 2.46. The summed E-state index contributed by atoms with van der Waals surface area (Å²) in [6, 6.07) is -0.951. The standard InChI is InChI=1S/C16H25N7O5/c1-23(2,4-3-8(17)16(26)27)5-9-11(24)12(25)15(28-9)22-7-21-10-13(18)19-6-20-14(10)22/h6-9,11-12,15,24-25H,3-5,17H2,1-2H3,(H2-,18,19,20,26,27)/p+1/t8-,9+,11+,12+,15+/m0/s1. The SMILES string of the molecule is C[N+](C)(CC[C@H](N)C(=O)O)C[C@H]1O[C@@H](n2cnc3c(N)ncnc32)[C@H](O)[C@@H]1O. The van der Waals surface area contributed by atoms with E-state index in [-0.39, 0.29) is 12.2 Å². The molecule has 5 atom stereocenters. The maximum atomic E-state index is 10.9. The third-order valence-corrected chi connectivity index (χ3v) is 5.04. The van der Waals surface area contributed by atoms with Crippen LogP contribution in [-0.4, -0.2) is 96.8 Å². The fraction of sp³-hybridized carbons (Fsp3) is 0.625. The lowest BCUT2D eigenvalue weighted by atomic mass is 10.1.